The molecule has 2 atom stereocenters. The van der Waals surface area contributed by atoms with E-state index >= 15 is 0 Å². The van der Waals surface area contributed by atoms with Crippen molar-refractivity contribution in [1.82, 2.24) is 0 Å². The van der Waals surface area contributed by atoms with E-state index in [4.69, 9.17) is 10.3 Å². The number of hydrogen-bond donors (Lipinski definition) is 0. The van der Waals surface area contributed by atoms with Gasteiger partial charge in [0, 0.05) is 10.8 Å². The maximum absolute atomic E-state index is 12.7. The summed E-state index contributed by atoms with van der Waals surface area (Å²) in [5, 5.41) is 3.49. The molecule has 84 valence electrons. The summed E-state index contributed by atoms with van der Waals surface area (Å²) in [4.78, 5) is 2.70. The van der Waals surface area contributed by atoms with Crippen molar-refractivity contribution in [2.45, 2.75) is 18.4 Å². The van der Waals surface area contributed by atoms with Crippen LogP contribution in [0.3, 0.4) is 0 Å². The van der Waals surface area contributed by atoms with Crippen LogP contribution in [0.5, 0.6) is 0 Å². The second-order valence-corrected chi connectivity index (χ2v) is 3.85. The van der Waals surface area contributed by atoms with E-state index in [0.717, 1.165) is 12.0 Å². The van der Waals surface area contributed by atoms with E-state index in [2.05, 4.69) is 10.0 Å². The number of hydrogen-bond acceptors (Lipinski definition) is 2. The van der Waals surface area contributed by atoms with E-state index in [9.17, 15) is 4.39 Å². The highest BCUT2D eigenvalue weighted by Gasteiger charge is 2.25. The van der Waals surface area contributed by atoms with Gasteiger partial charge in [-0.2, -0.15) is 0 Å². The van der Waals surface area contributed by atoms with Crippen LogP contribution < -0.4 is 0 Å². The van der Waals surface area contributed by atoms with Crippen LogP contribution in [0.25, 0.3) is 10.4 Å². The summed E-state index contributed by atoms with van der Waals surface area (Å²) in [5.74, 6) is 0.0489. The Morgan fingerprint density at radius 1 is 1.44 bits per heavy atom. The summed E-state index contributed by atoms with van der Waals surface area (Å²) in [6.45, 7) is 0.978. The normalized spacial score (nSPS) is 24.1. The minimum atomic E-state index is -0.228. The van der Waals surface area contributed by atoms with Crippen LogP contribution in [-0.2, 0) is 4.74 Å². The largest absolute Gasteiger partial charge is 0.377 e. The van der Waals surface area contributed by atoms with E-state index in [1.54, 1.807) is 12.1 Å². The topological polar surface area (TPSA) is 58.0 Å². The lowest BCUT2D eigenvalue weighted by atomic mass is 9.96. The summed E-state index contributed by atoms with van der Waals surface area (Å²) in [6, 6.07) is 6.46. The van der Waals surface area contributed by atoms with Crippen molar-refractivity contribution in [2.75, 3.05) is 13.2 Å². The average Bonchev–Trinajstić information content (AvgIpc) is 2.76. The van der Waals surface area contributed by atoms with Crippen molar-refractivity contribution in [1.29, 1.82) is 0 Å². The van der Waals surface area contributed by atoms with Crippen molar-refractivity contribution in [3.63, 3.8) is 0 Å². The van der Waals surface area contributed by atoms with Crippen molar-refractivity contribution >= 4 is 0 Å². The molecule has 0 aliphatic carbocycles. The molecule has 4 nitrogen and oxygen atoms in total. The van der Waals surface area contributed by atoms with Crippen LogP contribution in [-0.4, -0.2) is 19.3 Å². The quantitative estimate of drug-likeness (QED) is 0.439. The second-order valence-electron chi connectivity index (χ2n) is 3.85. The zero-order valence-corrected chi connectivity index (χ0v) is 8.71. The summed E-state index contributed by atoms with van der Waals surface area (Å²) >= 11 is 0. The Kier molecular flexibility index (Phi) is 3.39. The standard InChI is InChI=1S/C11H12FN3O/c12-10-3-1-8(2-4-10)9-5-11(16-7-9)6-14-15-13/h1-4,9,11H,5-7H2/t9-,11-/m0/s1. The molecule has 1 aliphatic rings. The van der Waals surface area contributed by atoms with Crippen molar-refractivity contribution in [2.24, 2.45) is 5.11 Å². The molecular formula is C11H12FN3O. The number of benzene rings is 1. The van der Waals surface area contributed by atoms with E-state index in [1.165, 1.54) is 12.1 Å². The van der Waals surface area contributed by atoms with Gasteiger partial charge in [0.05, 0.1) is 19.3 Å². The Labute approximate surface area is 92.7 Å². The summed E-state index contributed by atoms with van der Waals surface area (Å²) in [7, 11) is 0. The molecule has 1 aliphatic heterocycles. The predicted octanol–water partition coefficient (Wildman–Crippen LogP) is 3.01. The van der Waals surface area contributed by atoms with Crippen molar-refractivity contribution < 1.29 is 9.13 Å². The van der Waals surface area contributed by atoms with Crippen LogP contribution >= 0.6 is 0 Å². The third-order valence-electron chi connectivity index (χ3n) is 2.77. The maximum atomic E-state index is 12.7. The van der Waals surface area contributed by atoms with Gasteiger partial charge in [-0.15, -0.1) is 0 Å². The molecule has 0 saturated carbocycles. The van der Waals surface area contributed by atoms with Gasteiger partial charge in [-0.05, 0) is 29.6 Å². The summed E-state index contributed by atoms with van der Waals surface area (Å²) in [6.07, 6.45) is 0.816. The third-order valence-corrected chi connectivity index (χ3v) is 2.77. The molecule has 0 spiro atoms. The first-order chi connectivity index (χ1) is 7.79. The number of nitrogens with zero attached hydrogens (tertiary/aromatic N) is 3. The van der Waals surface area contributed by atoms with Gasteiger partial charge in [0.15, 0.2) is 0 Å². The first kappa shape index (κ1) is 10.9. The molecule has 1 aromatic rings. The number of azide groups is 1. The Balaban J connectivity index is 1.97. The predicted molar refractivity (Wildman–Crippen MR) is 57.5 cm³/mol. The maximum Gasteiger partial charge on any atom is 0.123 e. The van der Waals surface area contributed by atoms with E-state index in [0.29, 0.717) is 13.2 Å². The Bertz CT molecular complexity index is 400. The average molecular weight is 221 g/mol. The Morgan fingerprint density at radius 2 is 2.19 bits per heavy atom. The molecule has 1 saturated heterocycles. The van der Waals surface area contributed by atoms with Crippen LogP contribution in [0.2, 0.25) is 0 Å². The lowest BCUT2D eigenvalue weighted by Gasteiger charge is -2.07. The van der Waals surface area contributed by atoms with Crippen LogP contribution in [0.4, 0.5) is 4.39 Å². The Hall–Kier alpha value is -1.58. The Morgan fingerprint density at radius 3 is 2.88 bits per heavy atom. The molecule has 16 heavy (non-hydrogen) atoms. The molecule has 0 amide bonds. The molecule has 1 aromatic carbocycles. The highest BCUT2D eigenvalue weighted by Crippen LogP contribution is 2.29. The van der Waals surface area contributed by atoms with Gasteiger partial charge in [-0.25, -0.2) is 4.39 Å². The van der Waals surface area contributed by atoms with Crippen LogP contribution in [0, 0.1) is 5.82 Å². The molecule has 5 heteroatoms. The molecule has 1 heterocycles. The van der Waals surface area contributed by atoms with Gasteiger partial charge in [0.1, 0.15) is 5.82 Å². The van der Waals surface area contributed by atoms with Gasteiger partial charge < -0.3 is 4.74 Å². The van der Waals surface area contributed by atoms with E-state index < -0.39 is 0 Å². The number of halogens is 1. The monoisotopic (exact) mass is 221 g/mol. The first-order valence-electron chi connectivity index (χ1n) is 5.17. The van der Waals surface area contributed by atoms with E-state index in [1.807, 2.05) is 0 Å². The van der Waals surface area contributed by atoms with Gasteiger partial charge in [0.2, 0.25) is 0 Å². The van der Waals surface area contributed by atoms with Gasteiger partial charge in [0.25, 0.3) is 0 Å². The molecule has 0 aromatic heterocycles. The van der Waals surface area contributed by atoms with E-state index in [-0.39, 0.29) is 17.8 Å². The number of rotatable bonds is 3. The van der Waals surface area contributed by atoms with Gasteiger partial charge in [-0.1, -0.05) is 17.2 Å². The lowest BCUT2D eigenvalue weighted by molar-refractivity contribution is 0.116. The highest BCUT2D eigenvalue weighted by molar-refractivity contribution is 5.21. The minimum Gasteiger partial charge on any atom is -0.377 e. The van der Waals surface area contributed by atoms with Crippen LogP contribution in [0.1, 0.15) is 17.9 Å². The highest BCUT2D eigenvalue weighted by atomic mass is 19.1. The van der Waals surface area contributed by atoms with Gasteiger partial charge >= 0.3 is 0 Å². The fourth-order valence-electron chi connectivity index (χ4n) is 1.93. The first-order valence-corrected chi connectivity index (χ1v) is 5.17. The summed E-state index contributed by atoms with van der Waals surface area (Å²) in [5.41, 5.74) is 9.28. The molecule has 0 N–H and O–H groups in total. The fraction of sp³-hybridized carbons (Fsp3) is 0.455. The second kappa shape index (κ2) is 4.96. The van der Waals surface area contributed by atoms with Crippen molar-refractivity contribution in [3.05, 3.63) is 46.1 Å². The molecule has 0 radical (unpaired) electrons. The smallest absolute Gasteiger partial charge is 0.123 e. The summed E-state index contributed by atoms with van der Waals surface area (Å²) < 4.78 is 18.2. The third kappa shape index (κ3) is 2.51. The molecular weight excluding hydrogens is 209 g/mol. The minimum absolute atomic E-state index is 0.00838. The number of ether oxygens (including phenoxy) is 1. The molecule has 0 bridgehead atoms. The van der Waals surface area contributed by atoms with Crippen LogP contribution in [0.15, 0.2) is 29.4 Å². The fourth-order valence-corrected chi connectivity index (χ4v) is 1.93. The SMILES string of the molecule is [N-]=[N+]=NC[C@@H]1C[C@H](c2ccc(F)cc2)CO1. The molecule has 2 rings (SSSR count). The zero-order valence-electron chi connectivity index (χ0n) is 8.71. The molecule has 0 unspecified atom stereocenters. The zero-order chi connectivity index (χ0) is 11.4. The van der Waals surface area contributed by atoms with Gasteiger partial charge in [-0.3, -0.25) is 0 Å². The molecule has 1 fully saturated rings. The van der Waals surface area contributed by atoms with Crippen molar-refractivity contribution in [3.8, 4) is 0 Å². The lowest BCUT2D eigenvalue weighted by Crippen LogP contribution is -2.08.